The summed E-state index contributed by atoms with van der Waals surface area (Å²) in [4.78, 5) is 12.0. The number of amides is 1. The van der Waals surface area contributed by atoms with Crippen LogP contribution in [0.4, 0.5) is 0 Å². The molecule has 1 rings (SSSR count). The quantitative estimate of drug-likeness (QED) is 0.860. The molecular weight excluding hydrogens is 264 g/mol. The molecule has 19 heavy (non-hydrogen) atoms. The van der Waals surface area contributed by atoms with Crippen molar-refractivity contribution < 1.29 is 13.2 Å². The zero-order valence-corrected chi connectivity index (χ0v) is 12.3. The molecule has 0 bridgehead atoms. The van der Waals surface area contributed by atoms with Crippen LogP contribution < -0.4 is 10.5 Å². The Bertz CT molecular complexity index is 567. The molecule has 0 aliphatic rings. The van der Waals surface area contributed by atoms with E-state index in [4.69, 9.17) is 5.14 Å². The summed E-state index contributed by atoms with van der Waals surface area (Å²) in [6.07, 6.45) is 1.84. The van der Waals surface area contributed by atoms with Crippen LogP contribution in [0.15, 0.2) is 23.1 Å². The predicted molar refractivity (Wildman–Crippen MR) is 74.4 cm³/mol. The third kappa shape index (κ3) is 4.65. The number of hydrogen-bond acceptors (Lipinski definition) is 3. The van der Waals surface area contributed by atoms with Crippen LogP contribution in [0.25, 0.3) is 0 Å². The SMILES string of the molecule is CCCC(C)NC(=O)c1cc(C)cc(S(N)(=O)=O)c1. The van der Waals surface area contributed by atoms with Gasteiger partial charge in [-0.2, -0.15) is 0 Å². The Labute approximate surface area is 114 Å². The van der Waals surface area contributed by atoms with E-state index in [1.165, 1.54) is 12.1 Å². The lowest BCUT2D eigenvalue weighted by Gasteiger charge is -2.13. The van der Waals surface area contributed by atoms with Crippen LogP contribution in [0.5, 0.6) is 0 Å². The Morgan fingerprint density at radius 3 is 2.53 bits per heavy atom. The number of hydrogen-bond donors (Lipinski definition) is 2. The summed E-state index contributed by atoms with van der Waals surface area (Å²) in [6, 6.07) is 4.44. The number of aryl methyl sites for hydroxylation is 1. The molecule has 1 aromatic carbocycles. The Balaban J connectivity index is 3.01. The normalized spacial score (nSPS) is 13.1. The van der Waals surface area contributed by atoms with Crippen molar-refractivity contribution in [2.75, 3.05) is 0 Å². The van der Waals surface area contributed by atoms with Crippen LogP contribution in [0.2, 0.25) is 0 Å². The second-order valence-corrected chi connectivity index (χ2v) is 6.30. The lowest BCUT2D eigenvalue weighted by atomic mass is 10.1. The van der Waals surface area contributed by atoms with Crippen molar-refractivity contribution in [1.29, 1.82) is 0 Å². The van der Waals surface area contributed by atoms with Crippen molar-refractivity contribution in [2.45, 2.75) is 44.6 Å². The van der Waals surface area contributed by atoms with Gasteiger partial charge in [-0.05, 0) is 44.0 Å². The van der Waals surface area contributed by atoms with Crippen molar-refractivity contribution in [3.8, 4) is 0 Å². The van der Waals surface area contributed by atoms with Crippen LogP contribution in [0.3, 0.4) is 0 Å². The van der Waals surface area contributed by atoms with Gasteiger partial charge in [-0.3, -0.25) is 4.79 Å². The van der Waals surface area contributed by atoms with Gasteiger partial charge in [-0.15, -0.1) is 0 Å². The highest BCUT2D eigenvalue weighted by molar-refractivity contribution is 7.89. The van der Waals surface area contributed by atoms with E-state index in [2.05, 4.69) is 5.32 Å². The standard InChI is InChI=1S/C13H20N2O3S/c1-4-5-10(3)15-13(16)11-6-9(2)7-12(8-11)19(14,17)18/h6-8,10H,4-5H2,1-3H3,(H,15,16)(H2,14,17,18). The van der Waals surface area contributed by atoms with E-state index in [0.717, 1.165) is 12.8 Å². The van der Waals surface area contributed by atoms with E-state index < -0.39 is 10.0 Å². The van der Waals surface area contributed by atoms with Gasteiger partial charge in [-0.25, -0.2) is 13.6 Å². The minimum atomic E-state index is -3.80. The van der Waals surface area contributed by atoms with E-state index in [1.54, 1.807) is 13.0 Å². The molecule has 0 radical (unpaired) electrons. The van der Waals surface area contributed by atoms with E-state index in [1.807, 2.05) is 13.8 Å². The summed E-state index contributed by atoms with van der Waals surface area (Å²) in [5, 5.41) is 7.91. The number of sulfonamides is 1. The maximum absolute atomic E-state index is 12.0. The van der Waals surface area contributed by atoms with Gasteiger partial charge in [0, 0.05) is 11.6 Å². The fourth-order valence-corrected chi connectivity index (χ4v) is 2.50. The molecule has 0 aliphatic heterocycles. The minimum absolute atomic E-state index is 0.0409. The molecule has 0 saturated carbocycles. The van der Waals surface area contributed by atoms with Crippen LogP contribution in [-0.2, 0) is 10.0 Å². The first kappa shape index (κ1) is 15.7. The largest absolute Gasteiger partial charge is 0.350 e. The van der Waals surface area contributed by atoms with Gasteiger partial charge >= 0.3 is 0 Å². The molecular formula is C13H20N2O3S. The highest BCUT2D eigenvalue weighted by atomic mass is 32.2. The summed E-state index contributed by atoms with van der Waals surface area (Å²) >= 11 is 0. The fourth-order valence-electron chi connectivity index (χ4n) is 1.86. The van der Waals surface area contributed by atoms with Gasteiger partial charge < -0.3 is 5.32 Å². The molecule has 1 atom stereocenters. The average molecular weight is 284 g/mol. The second kappa shape index (κ2) is 6.16. The molecule has 0 spiro atoms. The molecule has 0 heterocycles. The number of primary sulfonamides is 1. The van der Waals surface area contributed by atoms with Crippen molar-refractivity contribution in [2.24, 2.45) is 5.14 Å². The number of rotatable bonds is 5. The highest BCUT2D eigenvalue weighted by Crippen LogP contribution is 2.14. The fraction of sp³-hybridized carbons (Fsp3) is 0.462. The molecule has 1 unspecified atom stereocenters. The molecule has 1 amide bonds. The van der Waals surface area contributed by atoms with Crippen molar-refractivity contribution in [1.82, 2.24) is 5.32 Å². The number of carbonyl (C=O) groups excluding carboxylic acids is 1. The van der Waals surface area contributed by atoms with Gasteiger partial charge in [0.1, 0.15) is 0 Å². The van der Waals surface area contributed by atoms with E-state index >= 15 is 0 Å². The number of nitrogens with two attached hydrogens (primary N) is 1. The summed E-state index contributed by atoms with van der Waals surface area (Å²) in [5.74, 6) is -0.283. The van der Waals surface area contributed by atoms with Crippen molar-refractivity contribution in [3.63, 3.8) is 0 Å². The second-order valence-electron chi connectivity index (χ2n) is 4.74. The molecule has 3 N–H and O–H groups in total. The first-order valence-electron chi connectivity index (χ1n) is 6.19. The lowest BCUT2D eigenvalue weighted by Crippen LogP contribution is -2.32. The molecule has 0 saturated heterocycles. The molecule has 6 heteroatoms. The Morgan fingerprint density at radius 1 is 1.37 bits per heavy atom. The van der Waals surface area contributed by atoms with E-state index in [-0.39, 0.29) is 16.8 Å². The van der Waals surface area contributed by atoms with Crippen molar-refractivity contribution >= 4 is 15.9 Å². The average Bonchev–Trinajstić information content (AvgIpc) is 2.27. The predicted octanol–water partition coefficient (Wildman–Crippen LogP) is 1.56. The van der Waals surface area contributed by atoms with Gasteiger partial charge in [0.05, 0.1) is 4.90 Å². The molecule has 5 nitrogen and oxygen atoms in total. The zero-order valence-electron chi connectivity index (χ0n) is 11.4. The van der Waals surface area contributed by atoms with Crippen LogP contribution >= 0.6 is 0 Å². The first-order valence-corrected chi connectivity index (χ1v) is 7.74. The number of benzene rings is 1. The minimum Gasteiger partial charge on any atom is -0.350 e. The van der Waals surface area contributed by atoms with E-state index in [0.29, 0.717) is 11.1 Å². The van der Waals surface area contributed by atoms with Gasteiger partial charge in [0.2, 0.25) is 10.0 Å². The highest BCUT2D eigenvalue weighted by Gasteiger charge is 2.14. The maximum atomic E-state index is 12.0. The zero-order chi connectivity index (χ0) is 14.6. The maximum Gasteiger partial charge on any atom is 0.251 e. The lowest BCUT2D eigenvalue weighted by molar-refractivity contribution is 0.0938. The van der Waals surface area contributed by atoms with Crippen LogP contribution in [-0.4, -0.2) is 20.4 Å². The Hall–Kier alpha value is -1.40. The molecule has 0 aliphatic carbocycles. The smallest absolute Gasteiger partial charge is 0.251 e. The summed E-state index contributed by atoms with van der Waals surface area (Å²) in [5.41, 5.74) is 0.992. The monoisotopic (exact) mass is 284 g/mol. The first-order chi connectivity index (χ1) is 8.74. The van der Waals surface area contributed by atoms with Gasteiger partial charge in [0.25, 0.3) is 5.91 Å². The van der Waals surface area contributed by atoms with Crippen LogP contribution in [0, 0.1) is 6.92 Å². The summed E-state index contributed by atoms with van der Waals surface area (Å²) in [7, 11) is -3.80. The number of nitrogens with one attached hydrogen (secondary N) is 1. The third-order valence-corrected chi connectivity index (χ3v) is 3.63. The van der Waals surface area contributed by atoms with Gasteiger partial charge in [-0.1, -0.05) is 13.3 Å². The summed E-state index contributed by atoms with van der Waals surface area (Å²) < 4.78 is 22.7. The molecule has 1 aromatic rings. The molecule has 106 valence electrons. The third-order valence-electron chi connectivity index (χ3n) is 2.74. The van der Waals surface area contributed by atoms with E-state index in [9.17, 15) is 13.2 Å². The Morgan fingerprint density at radius 2 is 2.00 bits per heavy atom. The number of carbonyl (C=O) groups is 1. The Kier molecular flexibility index (Phi) is 5.08. The summed E-state index contributed by atoms with van der Waals surface area (Å²) in [6.45, 7) is 5.67. The van der Waals surface area contributed by atoms with Gasteiger partial charge in [0.15, 0.2) is 0 Å². The topological polar surface area (TPSA) is 89.3 Å². The van der Waals surface area contributed by atoms with Crippen molar-refractivity contribution in [3.05, 3.63) is 29.3 Å². The molecule has 0 aromatic heterocycles. The molecule has 0 fully saturated rings. The van der Waals surface area contributed by atoms with Crippen LogP contribution in [0.1, 0.15) is 42.6 Å².